The maximum Gasteiger partial charge on any atom is 0.261 e. The van der Waals surface area contributed by atoms with Crippen LogP contribution in [0.25, 0.3) is 0 Å². The van der Waals surface area contributed by atoms with E-state index in [1.54, 1.807) is 31.2 Å². The molecule has 0 heterocycles. The van der Waals surface area contributed by atoms with Gasteiger partial charge >= 0.3 is 0 Å². The fourth-order valence-corrected chi connectivity index (χ4v) is 2.95. The first kappa shape index (κ1) is 22.6. The predicted octanol–water partition coefficient (Wildman–Crippen LogP) is 3.67. The first-order valence-electron chi connectivity index (χ1n) is 9.42. The lowest BCUT2D eigenvalue weighted by atomic mass is 10.1. The van der Waals surface area contributed by atoms with Crippen molar-refractivity contribution < 1.29 is 19.1 Å². The molecule has 0 radical (unpaired) electrons. The van der Waals surface area contributed by atoms with E-state index < -0.39 is 6.04 Å². The lowest BCUT2D eigenvalue weighted by Gasteiger charge is -2.29. The third kappa shape index (κ3) is 6.39. The molecule has 2 amide bonds. The molecule has 0 spiro atoms. The number of hydrogen-bond donors (Lipinski definition) is 1. The van der Waals surface area contributed by atoms with Crippen LogP contribution in [0.15, 0.2) is 48.5 Å². The number of rotatable bonds is 9. The summed E-state index contributed by atoms with van der Waals surface area (Å²) in [7, 11) is 1.53. The van der Waals surface area contributed by atoms with Crippen LogP contribution in [0.3, 0.4) is 0 Å². The highest BCUT2D eigenvalue weighted by Gasteiger charge is 2.27. The number of nitrogens with zero attached hydrogens (tertiary/aromatic N) is 1. The van der Waals surface area contributed by atoms with Crippen molar-refractivity contribution in [1.29, 1.82) is 0 Å². The number of carbonyl (C=O) groups is 2. The summed E-state index contributed by atoms with van der Waals surface area (Å²) in [5.74, 6) is 0.420. The summed E-state index contributed by atoms with van der Waals surface area (Å²) < 4.78 is 10.9. The number of nitrogens with one attached hydrogen (secondary N) is 1. The summed E-state index contributed by atoms with van der Waals surface area (Å²) in [4.78, 5) is 27.0. The van der Waals surface area contributed by atoms with E-state index in [-0.39, 0.29) is 31.0 Å². The largest absolute Gasteiger partial charge is 0.493 e. The topological polar surface area (TPSA) is 67.9 Å². The van der Waals surface area contributed by atoms with Crippen molar-refractivity contribution in [3.63, 3.8) is 0 Å². The quantitative estimate of drug-likeness (QED) is 0.674. The summed E-state index contributed by atoms with van der Waals surface area (Å²) >= 11 is 6.27. The normalized spacial score (nSPS) is 11.7. The molecule has 1 N–H and O–H groups in total. The molecule has 0 aliphatic rings. The summed E-state index contributed by atoms with van der Waals surface area (Å²) in [5, 5.41) is 3.38. The Morgan fingerprint density at radius 2 is 1.66 bits per heavy atom. The van der Waals surface area contributed by atoms with Crippen molar-refractivity contribution in [1.82, 2.24) is 10.2 Å². The molecule has 1 atom stereocenters. The molecule has 156 valence electrons. The van der Waals surface area contributed by atoms with Crippen LogP contribution in [-0.2, 0) is 16.1 Å². The highest BCUT2D eigenvalue weighted by molar-refractivity contribution is 6.31. The molecule has 6 nitrogen and oxygen atoms in total. The highest BCUT2D eigenvalue weighted by atomic mass is 35.5. The van der Waals surface area contributed by atoms with Gasteiger partial charge in [-0.2, -0.15) is 0 Å². The zero-order valence-corrected chi connectivity index (χ0v) is 17.9. The van der Waals surface area contributed by atoms with E-state index >= 15 is 0 Å². The van der Waals surface area contributed by atoms with Gasteiger partial charge in [0.05, 0.1) is 7.11 Å². The molecule has 29 heavy (non-hydrogen) atoms. The van der Waals surface area contributed by atoms with Crippen LogP contribution in [-0.4, -0.2) is 42.5 Å². The second kappa shape index (κ2) is 10.7. The SMILES string of the molecule is COc1ccccc1OCC(=O)N(Cc1ccccc1Cl)C(C)C(=O)NC(C)C. The van der Waals surface area contributed by atoms with Crippen LogP contribution in [0.1, 0.15) is 26.3 Å². The maximum absolute atomic E-state index is 13.0. The minimum Gasteiger partial charge on any atom is -0.493 e. The van der Waals surface area contributed by atoms with E-state index in [1.165, 1.54) is 12.0 Å². The number of carbonyl (C=O) groups excluding carboxylic acids is 2. The van der Waals surface area contributed by atoms with Crippen LogP contribution in [0, 0.1) is 0 Å². The Morgan fingerprint density at radius 1 is 1.03 bits per heavy atom. The standard InChI is InChI=1S/C22H27ClN2O4/c1-15(2)24-22(27)16(3)25(13-17-9-5-6-10-18(17)23)21(26)14-29-20-12-8-7-11-19(20)28-4/h5-12,15-16H,13-14H2,1-4H3,(H,24,27). The Balaban J connectivity index is 2.19. The third-order valence-corrected chi connectivity index (χ3v) is 4.69. The van der Waals surface area contributed by atoms with E-state index in [0.29, 0.717) is 16.5 Å². The summed E-state index contributed by atoms with van der Waals surface area (Å²) in [6.45, 7) is 5.39. The minimum absolute atomic E-state index is 0.0351. The molecule has 2 rings (SSSR count). The van der Waals surface area contributed by atoms with E-state index in [4.69, 9.17) is 21.1 Å². The Hall–Kier alpha value is -2.73. The zero-order valence-electron chi connectivity index (χ0n) is 17.1. The highest BCUT2D eigenvalue weighted by Crippen LogP contribution is 2.26. The van der Waals surface area contributed by atoms with Crippen molar-refractivity contribution >= 4 is 23.4 Å². The smallest absolute Gasteiger partial charge is 0.261 e. The molecule has 7 heteroatoms. The molecule has 2 aromatic rings. The van der Waals surface area contributed by atoms with Crippen LogP contribution in [0.4, 0.5) is 0 Å². The number of amides is 2. The van der Waals surface area contributed by atoms with Gasteiger partial charge in [0.1, 0.15) is 6.04 Å². The second-order valence-electron chi connectivity index (χ2n) is 6.89. The lowest BCUT2D eigenvalue weighted by Crippen LogP contribution is -2.50. The molecule has 1 unspecified atom stereocenters. The van der Waals surface area contributed by atoms with Crippen molar-refractivity contribution in [2.45, 2.75) is 39.4 Å². The molecule has 0 bridgehead atoms. The van der Waals surface area contributed by atoms with E-state index in [1.807, 2.05) is 38.1 Å². The predicted molar refractivity (Wildman–Crippen MR) is 113 cm³/mol. The fraction of sp³-hybridized carbons (Fsp3) is 0.364. The van der Waals surface area contributed by atoms with Crippen molar-refractivity contribution in [3.05, 3.63) is 59.1 Å². The molecule has 2 aromatic carbocycles. The van der Waals surface area contributed by atoms with Gasteiger partial charge in [0, 0.05) is 17.6 Å². The van der Waals surface area contributed by atoms with Crippen LogP contribution in [0.5, 0.6) is 11.5 Å². The van der Waals surface area contributed by atoms with E-state index in [0.717, 1.165) is 5.56 Å². The van der Waals surface area contributed by atoms with Gasteiger partial charge in [0.25, 0.3) is 5.91 Å². The van der Waals surface area contributed by atoms with Crippen LogP contribution < -0.4 is 14.8 Å². The van der Waals surface area contributed by atoms with E-state index in [2.05, 4.69) is 5.32 Å². The van der Waals surface area contributed by atoms with Gasteiger partial charge in [-0.1, -0.05) is 41.9 Å². The number of hydrogen-bond acceptors (Lipinski definition) is 4. The van der Waals surface area contributed by atoms with Gasteiger partial charge in [-0.05, 0) is 44.5 Å². The first-order chi connectivity index (χ1) is 13.8. The van der Waals surface area contributed by atoms with E-state index in [9.17, 15) is 9.59 Å². The molecule has 0 saturated heterocycles. The third-order valence-electron chi connectivity index (χ3n) is 4.32. The molecule has 0 aliphatic heterocycles. The van der Waals surface area contributed by atoms with Crippen molar-refractivity contribution in [2.24, 2.45) is 0 Å². The first-order valence-corrected chi connectivity index (χ1v) is 9.80. The second-order valence-corrected chi connectivity index (χ2v) is 7.30. The van der Waals surface area contributed by atoms with Crippen molar-refractivity contribution in [2.75, 3.05) is 13.7 Å². The summed E-state index contributed by atoms with van der Waals surface area (Å²) in [6.07, 6.45) is 0. The molecule has 0 fully saturated rings. The van der Waals surface area contributed by atoms with Crippen LogP contribution >= 0.6 is 11.6 Å². The van der Waals surface area contributed by atoms with Gasteiger partial charge in [0.15, 0.2) is 18.1 Å². The van der Waals surface area contributed by atoms with Gasteiger partial charge < -0.3 is 19.7 Å². The molecule has 0 saturated carbocycles. The van der Waals surface area contributed by atoms with Crippen molar-refractivity contribution in [3.8, 4) is 11.5 Å². The fourth-order valence-electron chi connectivity index (χ4n) is 2.76. The van der Waals surface area contributed by atoms with Crippen LogP contribution in [0.2, 0.25) is 5.02 Å². The molecular weight excluding hydrogens is 392 g/mol. The Kier molecular flexibility index (Phi) is 8.34. The molecule has 0 aromatic heterocycles. The molecule has 0 aliphatic carbocycles. The Labute approximate surface area is 176 Å². The summed E-state index contributed by atoms with van der Waals surface area (Å²) in [6, 6.07) is 13.6. The summed E-state index contributed by atoms with van der Waals surface area (Å²) in [5.41, 5.74) is 0.754. The zero-order chi connectivity index (χ0) is 21.4. The van der Waals surface area contributed by atoms with Gasteiger partial charge in [-0.25, -0.2) is 0 Å². The number of halogens is 1. The average molecular weight is 419 g/mol. The average Bonchev–Trinajstić information content (AvgIpc) is 2.70. The number of para-hydroxylation sites is 2. The number of ether oxygens (including phenoxy) is 2. The Morgan fingerprint density at radius 3 is 2.28 bits per heavy atom. The minimum atomic E-state index is -0.692. The number of benzene rings is 2. The van der Waals surface area contributed by atoms with Gasteiger partial charge in [-0.3, -0.25) is 9.59 Å². The Bertz CT molecular complexity index is 841. The van der Waals surface area contributed by atoms with Gasteiger partial charge in [0.2, 0.25) is 5.91 Å². The molecular formula is C22H27ClN2O4. The number of methoxy groups -OCH3 is 1. The lowest BCUT2D eigenvalue weighted by molar-refractivity contribution is -0.142. The van der Waals surface area contributed by atoms with Gasteiger partial charge in [-0.15, -0.1) is 0 Å². The maximum atomic E-state index is 13.0. The monoisotopic (exact) mass is 418 g/mol.